The molecule has 1 aliphatic heterocycles. The number of nitrogen functional groups attached to an aromatic ring is 1. The fourth-order valence-electron chi connectivity index (χ4n) is 1.91. The average molecular weight is 247 g/mol. The summed E-state index contributed by atoms with van der Waals surface area (Å²) in [6.07, 6.45) is 1.53. The summed E-state index contributed by atoms with van der Waals surface area (Å²) < 4.78 is 0. The van der Waals surface area contributed by atoms with Gasteiger partial charge in [0.1, 0.15) is 0 Å². The number of hydrogen-bond acceptors (Lipinski definition) is 3. The summed E-state index contributed by atoms with van der Waals surface area (Å²) in [5.41, 5.74) is 9.71. The van der Waals surface area contributed by atoms with Crippen LogP contribution in [0.3, 0.4) is 0 Å². The van der Waals surface area contributed by atoms with E-state index in [2.05, 4.69) is 31.4 Å². The highest BCUT2D eigenvalue weighted by Gasteiger charge is 2.20. The topological polar surface area (TPSA) is 67.1 Å². The highest BCUT2D eigenvalue weighted by molar-refractivity contribution is 6.00. The molecule has 1 aliphatic rings. The van der Waals surface area contributed by atoms with Crippen molar-refractivity contribution in [1.82, 2.24) is 0 Å². The van der Waals surface area contributed by atoms with Gasteiger partial charge in [0.25, 0.3) is 0 Å². The van der Waals surface area contributed by atoms with E-state index in [9.17, 15) is 4.79 Å². The molecular formula is C14H21N3O. The Labute approximate surface area is 108 Å². The van der Waals surface area contributed by atoms with E-state index in [0.717, 1.165) is 29.9 Å². The van der Waals surface area contributed by atoms with Crippen molar-refractivity contribution in [2.45, 2.75) is 33.6 Å². The highest BCUT2D eigenvalue weighted by atomic mass is 16.1. The molecule has 4 nitrogen and oxygen atoms in total. The second kappa shape index (κ2) is 4.52. The first kappa shape index (κ1) is 12.7. The molecule has 2 rings (SSSR count). The van der Waals surface area contributed by atoms with Crippen molar-refractivity contribution < 1.29 is 4.79 Å². The molecule has 4 heteroatoms. The standard InChI is InChI=1S/C14H21N3O/c1-4-14(2,3)8-16-12-7-11-9(5-10(12)15)6-13(18)17-11/h5,7,16H,4,6,8,15H2,1-3H3,(H,17,18). The van der Waals surface area contributed by atoms with Crippen LogP contribution in [-0.2, 0) is 11.2 Å². The van der Waals surface area contributed by atoms with Crippen molar-refractivity contribution in [2.75, 3.05) is 22.9 Å². The van der Waals surface area contributed by atoms with Crippen molar-refractivity contribution in [1.29, 1.82) is 0 Å². The van der Waals surface area contributed by atoms with Crippen LogP contribution in [0.15, 0.2) is 12.1 Å². The number of nitrogens with two attached hydrogens (primary N) is 1. The predicted molar refractivity (Wildman–Crippen MR) is 75.7 cm³/mol. The van der Waals surface area contributed by atoms with Gasteiger partial charge in [0.2, 0.25) is 5.91 Å². The van der Waals surface area contributed by atoms with Crippen molar-refractivity contribution in [3.05, 3.63) is 17.7 Å². The van der Waals surface area contributed by atoms with Crippen molar-refractivity contribution in [3.8, 4) is 0 Å². The number of rotatable bonds is 4. The Morgan fingerprint density at radius 1 is 1.44 bits per heavy atom. The summed E-state index contributed by atoms with van der Waals surface area (Å²) in [7, 11) is 0. The van der Waals surface area contributed by atoms with E-state index in [1.54, 1.807) is 0 Å². The number of carbonyl (C=O) groups excluding carboxylic acids is 1. The molecular weight excluding hydrogens is 226 g/mol. The Hall–Kier alpha value is -1.71. The third kappa shape index (κ3) is 2.58. The quantitative estimate of drug-likeness (QED) is 0.716. The van der Waals surface area contributed by atoms with Gasteiger partial charge in [-0.15, -0.1) is 0 Å². The molecule has 0 fully saturated rings. The van der Waals surface area contributed by atoms with Gasteiger partial charge in [-0.05, 0) is 29.5 Å². The van der Waals surface area contributed by atoms with Gasteiger partial charge in [0, 0.05) is 12.2 Å². The lowest BCUT2D eigenvalue weighted by Gasteiger charge is -2.24. The molecule has 18 heavy (non-hydrogen) atoms. The first-order valence-corrected chi connectivity index (χ1v) is 6.37. The van der Waals surface area contributed by atoms with Gasteiger partial charge >= 0.3 is 0 Å². The second-order valence-corrected chi connectivity index (χ2v) is 5.69. The molecule has 0 saturated heterocycles. The molecule has 1 aromatic rings. The van der Waals surface area contributed by atoms with E-state index < -0.39 is 0 Å². The molecule has 0 atom stereocenters. The van der Waals surface area contributed by atoms with Crippen LogP contribution in [-0.4, -0.2) is 12.5 Å². The third-order valence-corrected chi connectivity index (χ3v) is 3.61. The zero-order valence-corrected chi connectivity index (χ0v) is 11.3. The first-order valence-electron chi connectivity index (χ1n) is 6.37. The van der Waals surface area contributed by atoms with Crippen LogP contribution in [0.2, 0.25) is 0 Å². The minimum atomic E-state index is 0.0374. The molecule has 1 amide bonds. The van der Waals surface area contributed by atoms with E-state index in [-0.39, 0.29) is 11.3 Å². The SMILES string of the molecule is CCC(C)(C)CNc1cc2c(cc1N)CC(=O)N2. The first-order chi connectivity index (χ1) is 8.41. The normalized spacial score (nSPS) is 14.3. The molecule has 98 valence electrons. The Morgan fingerprint density at radius 2 is 2.17 bits per heavy atom. The molecule has 4 N–H and O–H groups in total. The van der Waals surface area contributed by atoms with Gasteiger partial charge in [-0.25, -0.2) is 0 Å². The predicted octanol–water partition coefficient (Wildman–Crippen LogP) is 2.61. The van der Waals surface area contributed by atoms with Crippen LogP contribution in [0, 0.1) is 5.41 Å². The maximum atomic E-state index is 11.3. The number of benzene rings is 1. The van der Waals surface area contributed by atoms with Crippen molar-refractivity contribution in [2.24, 2.45) is 5.41 Å². The molecule has 0 bridgehead atoms. The average Bonchev–Trinajstić information content (AvgIpc) is 2.65. The fourth-order valence-corrected chi connectivity index (χ4v) is 1.91. The lowest BCUT2D eigenvalue weighted by Crippen LogP contribution is -2.22. The summed E-state index contributed by atoms with van der Waals surface area (Å²) in [4.78, 5) is 11.3. The molecule has 0 spiro atoms. The van der Waals surface area contributed by atoms with Crippen LogP contribution in [0.1, 0.15) is 32.8 Å². The summed E-state index contributed by atoms with van der Waals surface area (Å²) in [5, 5.41) is 6.21. The molecule has 1 heterocycles. The number of amides is 1. The molecule has 1 aromatic carbocycles. The zero-order valence-electron chi connectivity index (χ0n) is 11.3. The minimum absolute atomic E-state index is 0.0374. The molecule has 0 aliphatic carbocycles. The van der Waals surface area contributed by atoms with E-state index in [1.165, 1.54) is 0 Å². The molecule has 0 unspecified atom stereocenters. The minimum Gasteiger partial charge on any atom is -0.397 e. The Morgan fingerprint density at radius 3 is 2.83 bits per heavy atom. The van der Waals surface area contributed by atoms with Crippen LogP contribution in [0.5, 0.6) is 0 Å². The van der Waals surface area contributed by atoms with Gasteiger partial charge in [0.05, 0.1) is 17.8 Å². The van der Waals surface area contributed by atoms with Crippen LogP contribution in [0.4, 0.5) is 17.1 Å². The van der Waals surface area contributed by atoms with E-state index >= 15 is 0 Å². The van der Waals surface area contributed by atoms with Gasteiger partial charge in [-0.2, -0.15) is 0 Å². The van der Waals surface area contributed by atoms with Crippen LogP contribution < -0.4 is 16.4 Å². The van der Waals surface area contributed by atoms with Crippen LogP contribution in [0.25, 0.3) is 0 Å². The largest absolute Gasteiger partial charge is 0.397 e. The summed E-state index contributed by atoms with van der Waals surface area (Å²) in [6, 6.07) is 3.82. The molecule has 0 saturated carbocycles. The number of nitrogens with one attached hydrogen (secondary N) is 2. The zero-order chi connectivity index (χ0) is 13.3. The van der Waals surface area contributed by atoms with Gasteiger partial charge in [0.15, 0.2) is 0 Å². The molecule has 0 aromatic heterocycles. The monoisotopic (exact) mass is 247 g/mol. The number of hydrogen-bond donors (Lipinski definition) is 3. The van der Waals surface area contributed by atoms with E-state index in [0.29, 0.717) is 12.1 Å². The maximum absolute atomic E-state index is 11.3. The summed E-state index contributed by atoms with van der Waals surface area (Å²) >= 11 is 0. The smallest absolute Gasteiger partial charge is 0.228 e. The fraction of sp³-hybridized carbons (Fsp3) is 0.500. The van der Waals surface area contributed by atoms with E-state index in [1.807, 2.05) is 12.1 Å². The lowest BCUT2D eigenvalue weighted by molar-refractivity contribution is -0.115. The highest BCUT2D eigenvalue weighted by Crippen LogP contribution is 2.32. The summed E-state index contributed by atoms with van der Waals surface area (Å²) in [6.45, 7) is 7.46. The Kier molecular flexibility index (Phi) is 3.20. The van der Waals surface area contributed by atoms with Crippen molar-refractivity contribution >= 4 is 23.0 Å². The second-order valence-electron chi connectivity index (χ2n) is 5.69. The summed E-state index contributed by atoms with van der Waals surface area (Å²) in [5.74, 6) is 0.0374. The van der Waals surface area contributed by atoms with Gasteiger partial charge < -0.3 is 16.4 Å². The Balaban J connectivity index is 2.15. The lowest BCUT2D eigenvalue weighted by atomic mass is 9.90. The van der Waals surface area contributed by atoms with Gasteiger partial charge in [-0.3, -0.25) is 4.79 Å². The molecule has 0 radical (unpaired) electrons. The number of anilines is 3. The number of carbonyl (C=O) groups is 1. The van der Waals surface area contributed by atoms with Crippen LogP contribution >= 0.6 is 0 Å². The Bertz CT molecular complexity index is 480. The van der Waals surface area contributed by atoms with E-state index in [4.69, 9.17) is 5.73 Å². The number of fused-ring (bicyclic) bond motifs is 1. The maximum Gasteiger partial charge on any atom is 0.228 e. The van der Waals surface area contributed by atoms with Crippen molar-refractivity contribution in [3.63, 3.8) is 0 Å². The van der Waals surface area contributed by atoms with Gasteiger partial charge in [-0.1, -0.05) is 20.8 Å². The third-order valence-electron chi connectivity index (χ3n) is 3.61.